The van der Waals surface area contributed by atoms with Crippen molar-refractivity contribution >= 4 is 164 Å². The first-order valence-corrected chi connectivity index (χ1v) is 46.6. The van der Waals surface area contributed by atoms with Crippen LogP contribution < -0.4 is 31.1 Å². The van der Waals surface area contributed by atoms with Gasteiger partial charge in [-0.3, -0.25) is 63.5 Å². The van der Waals surface area contributed by atoms with Crippen LogP contribution in [0.15, 0.2) is 71.9 Å². The van der Waals surface area contributed by atoms with Crippen LogP contribution in [0, 0.1) is 35.5 Å². The van der Waals surface area contributed by atoms with Crippen LogP contribution in [0.2, 0.25) is 10.0 Å². The minimum Gasteiger partial charge on any atom is -0.457 e. The molecule has 10 rings (SSSR count). The van der Waals surface area contributed by atoms with Gasteiger partial charge >= 0.3 is 24.1 Å². The van der Waals surface area contributed by atoms with E-state index in [-0.39, 0.29) is 117 Å². The number of nitrogens with one attached hydrogen (secondary N) is 4. The zero-order valence-corrected chi connectivity index (χ0v) is 78.1. The molecule has 10 amide bonds. The fraction of sp³-hybridized carbons (Fsp3) is 0.596. The molecular formula is C89H117Cl2N9O24S3. The maximum Gasteiger partial charge on any atom is 0.409 e. The Bertz CT molecular complexity index is 4660. The Morgan fingerprint density at radius 3 is 1.50 bits per heavy atom. The summed E-state index contributed by atoms with van der Waals surface area (Å²) in [6.45, 7) is 15.7. The van der Waals surface area contributed by atoms with Crippen molar-refractivity contribution in [3.8, 4) is 0 Å². The van der Waals surface area contributed by atoms with E-state index in [1.807, 2.05) is 20.8 Å². The van der Waals surface area contributed by atoms with Crippen LogP contribution in [-0.2, 0) is 98.8 Å². The number of aldehydes is 4. The molecule has 0 radical (unpaired) electrons. The predicted molar refractivity (Wildman–Crippen MR) is 476 cm³/mol. The SMILES string of the molecule is CNC(=O)C1CCC(CN2C(=O)CC(SCCC(=O)N(C)[C@H](C)C(=O)O[C@H]3CC(=O)N(C)c4cc(cc(C=O)c4Cl)C/C(C)=C/C=C/[C@@H](C=O)[C@@]4(O)C[C@H](OC(=O)N4)[C@@H](C)[C@@H]4O[C@@]34C)C2=O)CC1.CNC(=O)CCC(C)SSCCC(=O)N(C)[C@H](C)C(=O)O[C@H]1CC(=O)N(C)c2cc(cc(C=O)c2Cl)C/C(C)=C/C=C/[C@@H](C=O)[C@@]2(O)CC(OC(=O)N2)[C@@H](C)[C@@H]2O[C@@]12C. The number of fused-ring (bicyclic) bond motifs is 10. The Morgan fingerprint density at radius 2 is 1.08 bits per heavy atom. The van der Waals surface area contributed by atoms with Crippen molar-refractivity contribution in [1.82, 2.24) is 36.0 Å². The molecule has 2 aromatic rings. The summed E-state index contributed by atoms with van der Waals surface area (Å²) in [7, 11) is 12.2. The molecular weight excluding hydrogens is 1750 g/mol. The zero-order chi connectivity index (χ0) is 93.6. The van der Waals surface area contributed by atoms with E-state index in [4.69, 9.17) is 51.6 Å². The van der Waals surface area contributed by atoms with Gasteiger partial charge in [-0.1, -0.05) is 113 Å². The second kappa shape index (κ2) is 44.1. The number of ether oxygens (including phenoxy) is 6. The molecule has 127 heavy (non-hydrogen) atoms. The predicted octanol–water partition coefficient (Wildman–Crippen LogP) is 8.73. The number of likely N-dealkylation sites (tertiary alicyclic amines) is 1. The number of anilines is 2. The fourth-order valence-corrected chi connectivity index (χ4v) is 20.8. The molecule has 5 saturated heterocycles. The maximum atomic E-state index is 14.3. The molecule has 8 bridgehead atoms. The molecule has 7 aliphatic heterocycles. The summed E-state index contributed by atoms with van der Waals surface area (Å²) in [6, 6.07) is 4.33. The fourth-order valence-electron chi connectivity index (χ4n) is 16.8. The molecule has 38 heteroatoms. The number of carbonyl (C=O) groups excluding carboxylic acids is 16. The number of nitrogens with zero attached hydrogens (tertiary/aromatic N) is 5. The van der Waals surface area contributed by atoms with Gasteiger partial charge in [0.1, 0.15) is 60.3 Å². The van der Waals surface area contributed by atoms with Crippen molar-refractivity contribution in [2.75, 3.05) is 70.1 Å². The van der Waals surface area contributed by atoms with Crippen LogP contribution in [0.3, 0.4) is 0 Å². The first kappa shape index (κ1) is 102. The second-order valence-corrected chi connectivity index (χ2v) is 39.5. The highest BCUT2D eigenvalue weighted by molar-refractivity contribution is 8.76. The van der Waals surface area contributed by atoms with E-state index in [2.05, 4.69) is 21.3 Å². The molecule has 694 valence electrons. The van der Waals surface area contributed by atoms with E-state index in [9.17, 15) is 86.9 Å². The highest BCUT2D eigenvalue weighted by Gasteiger charge is 2.66. The molecule has 0 aromatic heterocycles. The van der Waals surface area contributed by atoms with E-state index in [0.717, 1.165) is 24.0 Å². The highest BCUT2D eigenvalue weighted by atomic mass is 35.5. The standard InChI is InChI=1S/C48H62ClN5O13S.C41H55ClN4O11S2/c1-26-9-8-10-33(25-56)48(64)22-35(65-46(63)51-48)27(2)42-47(4,67-42)37(21-39(58)53(7)34-19-30(17-26)18-32(24-55)41(34)49)66-45(62)28(3)52(6)38(57)15-16-68-36-20-40(59)54(44(36)61)23-29-11-13-31(14-12-29)43(60)50-5;1-23-10-9-11-29(22-48)41(54)20-31(55-39(53)44-41)25(3)37-40(5,57-37)32(19-35(51)46(8)30-18-27(16-23)17-28(21-47)36(30)42)56-38(52)26(4)45(7)34(50)14-15-58-59-24(2)12-13-33(49)43-6/h8-10,18-19,24-25,27-29,31,33,35-37,42,64H,11-17,20-23H2,1-7H3,(H,50,60)(H,51,63);9-11,17-18,21-22,24-26,29,31-32,37,54H,12-16,19-20H2,1-8H3,(H,43,49)(H,44,53)/b10-8+,26-9+;11-9+,23-10+/t27-,28-,29?,31?,33+,35+,36?,37+,42+,47+,48+;24?,25-,26-,29+,31?,32+,37+,40+,41+/m11/s1. The molecule has 1 aliphatic carbocycles. The molecule has 3 unspecified atom stereocenters. The van der Waals surface area contributed by atoms with Crippen LogP contribution in [0.25, 0.3) is 0 Å². The van der Waals surface area contributed by atoms with Crippen LogP contribution >= 0.6 is 56.6 Å². The summed E-state index contributed by atoms with van der Waals surface area (Å²) >= 11 is 14.5. The number of rotatable bonds is 25. The van der Waals surface area contributed by atoms with Gasteiger partial charge in [0.25, 0.3) is 0 Å². The van der Waals surface area contributed by atoms with Crippen LogP contribution in [0.1, 0.15) is 178 Å². The van der Waals surface area contributed by atoms with Gasteiger partial charge in [-0.15, -0.1) is 11.8 Å². The largest absolute Gasteiger partial charge is 0.457 e. The number of hydrogen-bond acceptors (Lipinski definition) is 27. The van der Waals surface area contributed by atoms with E-state index in [1.54, 1.807) is 101 Å². The summed E-state index contributed by atoms with van der Waals surface area (Å²) in [5.74, 6) is -6.99. The summed E-state index contributed by atoms with van der Waals surface area (Å²) in [5.41, 5.74) is -3.10. The molecule has 1 saturated carbocycles. The van der Waals surface area contributed by atoms with Crippen molar-refractivity contribution in [2.45, 2.75) is 240 Å². The van der Waals surface area contributed by atoms with Gasteiger partial charge in [-0.2, -0.15) is 0 Å². The number of aliphatic hydroxyl groups is 2. The molecule has 6 N–H and O–H groups in total. The van der Waals surface area contributed by atoms with E-state index >= 15 is 0 Å². The summed E-state index contributed by atoms with van der Waals surface area (Å²) < 4.78 is 35.9. The number of amides is 10. The number of likely N-dealkylation sites (N-methyl/N-ethyl adjacent to an activating group) is 2. The Labute approximate surface area is 761 Å². The average molecular weight is 1860 g/mol. The zero-order valence-electron chi connectivity index (χ0n) is 74.1. The van der Waals surface area contributed by atoms with Gasteiger partial charge in [0.05, 0.1) is 63.6 Å². The van der Waals surface area contributed by atoms with Crippen LogP contribution in [-0.4, -0.2) is 264 Å². The Morgan fingerprint density at radius 1 is 0.638 bits per heavy atom. The van der Waals surface area contributed by atoms with Gasteiger partial charge in [-0.05, 0) is 128 Å². The van der Waals surface area contributed by atoms with E-state index < -0.39 is 155 Å². The van der Waals surface area contributed by atoms with Crippen molar-refractivity contribution < 1.29 is 115 Å². The van der Waals surface area contributed by atoms with Crippen LogP contribution in [0.5, 0.6) is 0 Å². The topological polar surface area (TPSA) is 440 Å². The summed E-state index contributed by atoms with van der Waals surface area (Å²) in [5, 5.41) is 33.0. The monoisotopic (exact) mass is 1860 g/mol. The smallest absolute Gasteiger partial charge is 0.409 e. The van der Waals surface area contributed by atoms with Gasteiger partial charge in [-0.25, -0.2) is 19.2 Å². The Kier molecular flexibility index (Phi) is 35.3. The number of allylic oxidation sites excluding steroid dienone is 6. The van der Waals surface area contributed by atoms with E-state index in [1.165, 1.54) is 101 Å². The summed E-state index contributed by atoms with van der Waals surface area (Å²) in [6.07, 6.45) is 7.28. The number of carbonyl (C=O) groups is 16. The number of hydrogen-bond donors (Lipinski definition) is 6. The molecule has 0 spiro atoms. The second-order valence-electron chi connectivity index (χ2n) is 34.5. The molecule has 2 aromatic carbocycles. The number of esters is 2. The van der Waals surface area contributed by atoms with Crippen molar-refractivity contribution in [3.63, 3.8) is 0 Å². The molecule has 8 aliphatic rings. The molecule has 6 fully saturated rings. The average Bonchev–Trinajstić information content (AvgIpc) is 1.57. The van der Waals surface area contributed by atoms with Gasteiger partial charge in [0, 0.05) is 133 Å². The number of alkyl carbamates (subject to hydrolysis) is 2. The van der Waals surface area contributed by atoms with Gasteiger partial charge in [0.15, 0.2) is 24.0 Å². The van der Waals surface area contributed by atoms with Gasteiger partial charge < -0.3 is 78.5 Å². The first-order valence-electron chi connectivity index (χ1n) is 42.5. The lowest BCUT2D eigenvalue weighted by atomic mass is 9.81. The lowest BCUT2D eigenvalue weighted by Crippen LogP contribution is -2.61. The minimum atomic E-state index is -2.04. The number of thioether (sulfide) groups is 1. The van der Waals surface area contributed by atoms with Crippen molar-refractivity contribution in [3.05, 3.63) is 104 Å². The molecule has 18 atom stereocenters. The number of epoxide rings is 2. The third kappa shape index (κ3) is 25.0. The van der Waals surface area contributed by atoms with Crippen molar-refractivity contribution in [1.29, 1.82) is 0 Å². The Balaban J connectivity index is 0.000000290. The van der Waals surface area contributed by atoms with E-state index in [0.29, 0.717) is 87.1 Å². The number of imide groups is 1. The third-order valence-electron chi connectivity index (χ3n) is 25.4. The minimum absolute atomic E-state index is 0.00402. The summed E-state index contributed by atoms with van der Waals surface area (Å²) in [4.78, 5) is 214. The molecule has 33 nitrogen and oxygen atoms in total. The quantitative estimate of drug-likeness (QED) is 0.0103. The first-order chi connectivity index (χ1) is 59.9. The van der Waals surface area contributed by atoms with Crippen molar-refractivity contribution in [2.24, 2.45) is 35.5 Å². The Hall–Kier alpha value is -9.01. The lowest BCUT2D eigenvalue weighted by molar-refractivity contribution is -0.162. The third-order valence-corrected chi connectivity index (χ3v) is 30.4. The molecule has 7 heterocycles. The lowest BCUT2D eigenvalue weighted by Gasteiger charge is -2.41. The maximum absolute atomic E-state index is 14.3. The normalized spacial score (nSPS) is 31.2. The number of benzene rings is 2. The van der Waals surface area contributed by atoms with Gasteiger partial charge in [0.2, 0.25) is 47.3 Å². The number of halogens is 2. The highest BCUT2D eigenvalue weighted by Crippen LogP contribution is 2.52. The van der Waals surface area contributed by atoms with Crippen LogP contribution in [0.4, 0.5) is 21.0 Å².